The zero-order chi connectivity index (χ0) is 9.84. The van der Waals surface area contributed by atoms with Gasteiger partial charge in [0.2, 0.25) is 0 Å². The zero-order valence-electron chi connectivity index (χ0n) is 7.56. The fourth-order valence-corrected chi connectivity index (χ4v) is 1.46. The van der Waals surface area contributed by atoms with E-state index in [-0.39, 0.29) is 16.9 Å². The van der Waals surface area contributed by atoms with Crippen molar-refractivity contribution in [3.63, 3.8) is 0 Å². The van der Waals surface area contributed by atoms with Crippen LogP contribution in [0.4, 0.5) is 4.39 Å². The molecule has 1 aromatic carbocycles. The van der Waals surface area contributed by atoms with E-state index >= 15 is 0 Å². The second-order valence-electron chi connectivity index (χ2n) is 3.04. The Labute approximate surface area is 82.7 Å². The lowest BCUT2D eigenvalue weighted by Crippen LogP contribution is -2.11. The number of nitrogens with two attached hydrogens (primary N) is 1. The maximum Gasteiger partial charge on any atom is 0.146 e. The van der Waals surface area contributed by atoms with Crippen molar-refractivity contribution in [1.82, 2.24) is 0 Å². The fraction of sp³-hybridized carbons (Fsp3) is 0.400. The third-order valence-corrected chi connectivity index (χ3v) is 2.27. The van der Waals surface area contributed by atoms with Crippen molar-refractivity contribution in [3.05, 3.63) is 34.6 Å². The molecule has 0 unspecified atom stereocenters. The van der Waals surface area contributed by atoms with Crippen LogP contribution in [0.15, 0.2) is 18.2 Å². The SMILES string of the molecule is CCC[C@@H](N)c1cccc(Cl)c1F. The minimum absolute atomic E-state index is 0.143. The van der Waals surface area contributed by atoms with Gasteiger partial charge in [0.25, 0.3) is 0 Å². The van der Waals surface area contributed by atoms with E-state index in [2.05, 4.69) is 0 Å². The Kier molecular flexibility index (Phi) is 3.70. The average molecular weight is 202 g/mol. The van der Waals surface area contributed by atoms with Crippen LogP contribution in [0.2, 0.25) is 5.02 Å². The fourth-order valence-electron chi connectivity index (χ4n) is 1.27. The molecule has 0 spiro atoms. The van der Waals surface area contributed by atoms with Crippen molar-refractivity contribution in [3.8, 4) is 0 Å². The highest BCUT2D eigenvalue weighted by atomic mass is 35.5. The number of benzene rings is 1. The van der Waals surface area contributed by atoms with Crippen LogP contribution in [0.1, 0.15) is 31.4 Å². The summed E-state index contributed by atoms with van der Waals surface area (Å²) in [4.78, 5) is 0. The zero-order valence-corrected chi connectivity index (χ0v) is 8.31. The Morgan fingerprint density at radius 1 is 1.54 bits per heavy atom. The summed E-state index contributed by atoms with van der Waals surface area (Å²) in [5, 5.41) is 0.143. The largest absolute Gasteiger partial charge is 0.324 e. The van der Waals surface area contributed by atoms with Gasteiger partial charge >= 0.3 is 0 Å². The predicted octanol–water partition coefficient (Wildman–Crippen LogP) is 3.28. The van der Waals surface area contributed by atoms with Gasteiger partial charge in [-0.2, -0.15) is 0 Å². The molecule has 0 saturated heterocycles. The maximum atomic E-state index is 13.4. The first-order chi connectivity index (χ1) is 6.16. The molecule has 0 aliphatic carbocycles. The van der Waals surface area contributed by atoms with E-state index in [0.29, 0.717) is 5.56 Å². The smallest absolute Gasteiger partial charge is 0.146 e. The predicted molar refractivity (Wildman–Crippen MR) is 53.2 cm³/mol. The molecule has 0 amide bonds. The number of halogens is 2. The van der Waals surface area contributed by atoms with E-state index in [9.17, 15) is 4.39 Å². The van der Waals surface area contributed by atoms with Crippen LogP contribution in [-0.2, 0) is 0 Å². The molecular formula is C10H13ClFN. The van der Waals surface area contributed by atoms with Gasteiger partial charge in [0.1, 0.15) is 5.82 Å². The quantitative estimate of drug-likeness (QED) is 0.798. The minimum Gasteiger partial charge on any atom is -0.324 e. The molecule has 0 bridgehead atoms. The molecule has 0 heterocycles. The molecule has 1 aromatic rings. The molecule has 0 aliphatic heterocycles. The molecule has 2 N–H and O–H groups in total. The molecule has 0 saturated carbocycles. The minimum atomic E-state index is -0.384. The normalized spacial score (nSPS) is 12.9. The van der Waals surface area contributed by atoms with Crippen molar-refractivity contribution < 1.29 is 4.39 Å². The van der Waals surface area contributed by atoms with E-state index in [1.165, 1.54) is 6.07 Å². The van der Waals surface area contributed by atoms with Crippen molar-refractivity contribution in [2.45, 2.75) is 25.8 Å². The monoisotopic (exact) mass is 201 g/mol. The Bertz CT molecular complexity index is 288. The maximum absolute atomic E-state index is 13.4. The van der Waals surface area contributed by atoms with Crippen LogP contribution in [0.3, 0.4) is 0 Å². The summed E-state index contributed by atoms with van der Waals surface area (Å²) >= 11 is 5.63. The lowest BCUT2D eigenvalue weighted by molar-refractivity contribution is 0.560. The first kappa shape index (κ1) is 10.5. The highest BCUT2D eigenvalue weighted by molar-refractivity contribution is 6.30. The van der Waals surface area contributed by atoms with Gasteiger partial charge in [0.05, 0.1) is 5.02 Å². The topological polar surface area (TPSA) is 26.0 Å². The summed E-state index contributed by atoms with van der Waals surface area (Å²) < 4.78 is 13.4. The van der Waals surface area contributed by atoms with Crippen LogP contribution in [0.5, 0.6) is 0 Å². The van der Waals surface area contributed by atoms with E-state index in [0.717, 1.165) is 12.8 Å². The summed E-state index contributed by atoms with van der Waals surface area (Å²) in [6, 6.07) is 4.68. The lowest BCUT2D eigenvalue weighted by Gasteiger charge is -2.11. The number of hydrogen-bond donors (Lipinski definition) is 1. The molecule has 1 atom stereocenters. The Balaban J connectivity index is 2.93. The second kappa shape index (κ2) is 4.58. The molecule has 1 rings (SSSR count). The lowest BCUT2D eigenvalue weighted by atomic mass is 10.0. The van der Waals surface area contributed by atoms with Gasteiger partial charge in [-0.05, 0) is 12.5 Å². The summed E-state index contributed by atoms with van der Waals surface area (Å²) in [5.41, 5.74) is 6.29. The van der Waals surface area contributed by atoms with Crippen LogP contribution in [0.25, 0.3) is 0 Å². The van der Waals surface area contributed by atoms with Crippen LogP contribution >= 0.6 is 11.6 Å². The summed E-state index contributed by atoms with van der Waals surface area (Å²) in [6.45, 7) is 2.02. The molecule has 0 fully saturated rings. The Morgan fingerprint density at radius 3 is 2.85 bits per heavy atom. The first-order valence-corrected chi connectivity index (χ1v) is 4.74. The standard InChI is InChI=1S/C10H13ClFN/c1-2-4-9(13)7-5-3-6-8(11)10(7)12/h3,5-6,9H,2,4,13H2,1H3/t9-/m1/s1. The Morgan fingerprint density at radius 2 is 2.23 bits per heavy atom. The van der Waals surface area contributed by atoms with E-state index in [4.69, 9.17) is 17.3 Å². The number of rotatable bonds is 3. The van der Waals surface area contributed by atoms with E-state index in [1.54, 1.807) is 12.1 Å². The van der Waals surface area contributed by atoms with Gasteiger partial charge in [0.15, 0.2) is 0 Å². The van der Waals surface area contributed by atoms with Gasteiger partial charge in [-0.3, -0.25) is 0 Å². The molecule has 3 heteroatoms. The summed E-state index contributed by atoms with van der Waals surface area (Å²) in [6.07, 6.45) is 1.71. The van der Waals surface area contributed by atoms with Crippen LogP contribution in [-0.4, -0.2) is 0 Å². The van der Waals surface area contributed by atoms with Crippen molar-refractivity contribution in [1.29, 1.82) is 0 Å². The molecule has 72 valence electrons. The van der Waals surface area contributed by atoms with Crippen LogP contribution < -0.4 is 5.73 Å². The van der Waals surface area contributed by atoms with Crippen molar-refractivity contribution in [2.24, 2.45) is 5.73 Å². The third-order valence-electron chi connectivity index (χ3n) is 1.98. The summed E-state index contributed by atoms with van der Waals surface area (Å²) in [7, 11) is 0. The van der Waals surface area contributed by atoms with Crippen molar-refractivity contribution in [2.75, 3.05) is 0 Å². The average Bonchev–Trinajstić information content (AvgIpc) is 2.10. The Hall–Kier alpha value is -0.600. The third kappa shape index (κ3) is 2.42. The van der Waals surface area contributed by atoms with E-state index < -0.39 is 0 Å². The van der Waals surface area contributed by atoms with Gasteiger partial charge < -0.3 is 5.73 Å². The number of hydrogen-bond acceptors (Lipinski definition) is 1. The molecule has 0 aromatic heterocycles. The van der Waals surface area contributed by atoms with Gasteiger partial charge in [-0.25, -0.2) is 4.39 Å². The molecule has 0 aliphatic rings. The van der Waals surface area contributed by atoms with Crippen LogP contribution in [0, 0.1) is 5.82 Å². The van der Waals surface area contributed by atoms with Gasteiger partial charge in [-0.1, -0.05) is 37.1 Å². The molecule has 1 nitrogen and oxygen atoms in total. The van der Waals surface area contributed by atoms with Gasteiger partial charge in [-0.15, -0.1) is 0 Å². The summed E-state index contributed by atoms with van der Waals surface area (Å²) in [5.74, 6) is -0.384. The van der Waals surface area contributed by atoms with Crippen molar-refractivity contribution >= 4 is 11.6 Å². The molecular weight excluding hydrogens is 189 g/mol. The molecule has 0 radical (unpaired) electrons. The van der Waals surface area contributed by atoms with E-state index in [1.807, 2.05) is 6.92 Å². The first-order valence-electron chi connectivity index (χ1n) is 4.36. The second-order valence-corrected chi connectivity index (χ2v) is 3.45. The highest BCUT2D eigenvalue weighted by Gasteiger charge is 2.12. The van der Waals surface area contributed by atoms with Gasteiger partial charge in [0, 0.05) is 11.6 Å². The highest BCUT2D eigenvalue weighted by Crippen LogP contribution is 2.24. The molecule has 13 heavy (non-hydrogen) atoms.